The summed E-state index contributed by atoms with van der Waals surface area (Å²) in [5.74, 6) is 0.568. The predicted octanol–water partition coefficient (Wildman–Crippen LogP) is 1.03. The Morgan fingerprint density at radius 2 is 2.00 bits per heavy atom. The van der Waals surface area contributed by atoms with Crippen molar-refractivity contribution in [2.75, 3.05) is 18.1 Å². The van der Waals surface area contributed by atoms with Gasteiger partial charge < -0.3 is 15.4 Å². The molecule has 1 atom stereocenters. The molecule has 114 valence electrons. The second-order valence-corrected chi connectivity index (χ2v) is 6.83. The van der Waals surface area contributed by atoms with E-state index in [9.17, 15) is 13.5 Å². The molecule has 1 unspecified atom stereocenters. The largest absolute Gasteiger partial charge is 0.399 e. The maximum atomic E-state index is 12.4. The standard InChI is InChI=1S/C14H19N3O3S/c1-2-14-16-7-8-17(14)12(9-18)10-21(19,20)13-5-3-11(15)4-6-13/h3-8,12,18H,2,9-10,15H2,1H3. The molecule has 6 nitrogen and oxygen atoms in total. The summed E-state index contributed by atoms with van der Waals surface area (Å²) in [6, 6.07) is 5.51. The monoisotopic (exact) mass is 309 g/mol. The molecule has 0 aliphatic rings. The van der Waals surface area contributed by atoms with E-state index in [4.69, 9.17) is 5.73 Å². The van der Waals surface area contributed by atoms with Gasteiger partial charge in [-0.05, 0) is 24.3 Å². The Balaban J connectivity index is 2.27. The zero-order valence-electron chi connectivity index (χ0n) is 11.8. The molecule has 0 saturated carbocycles. The van der Waals surface area contributed by atoms with Crippen LogP contribution in [0.15, 0.2) is 41.6 Å². The molecule has 0 amide bonds. The summed E-state index contributed by atoms with van der Waals surface area (Å²) in [6.45, 7) is 1.67. The van der Waals surface area contributed by atoms with Crippen LogP contribution in [0.5, 0.6) is 0 Å². The summed E-state index contributed by atoms with van der Waals surface area (Å²) in [4.78, 5) is 4.36. The Morgan fingerprint density at radius 3 is 2.57 bits per heavy atom. The maximum absolute atomic E-state index is 12.4. The van der Waals surface area contributed by atoms with Crippen LogP contribution in [0.25, 0.3) is 0 Å². The third-order valence-corrected chi connectivity index (χ3v) is 5.13. The number of aromatic nitrogens is 2. The Morgan fingerprint density at radius 1 is 1.33 bits per heavy atom. The smallest absolute Gasteiger partial charge is 0.180 e. The molecule has 0 fully saturated rings. The highest BCUT2D eigenvalue weighted by Crippen LogP contribution is 2.19. The minimum atomic E-state index is -3.50. The number of imidazole rings is 1. The highest BCUT2D eigenvalue weighted by atomic mass is 32.2. The van der Waals surface area contributed by atoms with E-state index in [0.29, 0.717) is 12.1 Å². The second-order valence-electron chi connectivity index (χ2n) is 4.79. The molecule has 0 aliphatic carbocycles. The average Bonchev–Trinajstić information content (AvgIpc) is 2.93. The molecular weight excluding hydrogens is 290 g/mol. The summed E-state index contributed by atoms with van der Waals surface area (Å²) in [5, 5.41) is 9.54. The van der Waals surface area contributed by atoms with E-state index in [1.165, 1.54) is 12.1 Å². The van der Waals surface area contributed by atoms with Crippen molar-refractivity contribution in [1.82, 2.24) is 9.55 Å². The number of aliphatic hydroxyl groups is 1. The summed E-state index contributed by atoms with van der Waals surface area (Å²) in [7, 11) is -3.50. The number of rotatable bonds is 6. The Labute approximate surface area is 124 Å². The van der Waals surface area contributed by atoms with E-state index in [1.807, 2.05) is 6.92 Å². The van der Waals surface area contributed by atoms with Crippen LogP contribution >= 0.6 is 0 Å². The van der Waals surface area contributed by atoms with Crippen LogP contribution in [0.3, 0.4) is 0 Å². The van der Waals surface area contributed by atoms with Gasteiger partial charge in [0.25, 0.3) is 0 Å². The van der Waals surface area contributed by atoms with Crippen LogP contribution in [0.1, 0.15) is 18.8 Å². The molecule has 0 bridgehead atoms. The number of sulfone groups is 1. The lowest BCUT2D eigenvalue weighted by atomic mass is 10.3. The number of nitrogens with zero attached hydrogens (tertiary/aromatic N) is 2. The van der Waals surface area contributed by atoms with Crippen molar-refractivity contribution in [3.63, 3.8) is 0 Å². The minimum absolute atomic E-state index is 0.184. The zero-order valence-corrected chi connectivity index (χ0v) is 12.6. The molecule has 2 rings (SSSR count). The van der Waals surface area contributed by atoms with Crippen LogP contribution < -0.4 is 5.73 Å². The molecule has 0 spiro atoms. The summed E-state index contributed by atoms with van der Waals surface area (Å²) < 4.78 is 26.6. The highest BCUT2D eigenvalue weighted by Gasteiger charge is 2.23. The number of benzene rings is 1. The van der Waals surface area contributed by atoms with Crippen molar-refractivity contribution in [1.29, 1.82) is 0 Å². The van der Waals surface area contributed by atoms with Gasteiger partial charge in [-0.1, -0.05) is 6.92 Å². The lowest BCUT2D eigenvalue weighted by Gasteiger charge is -2.18. The topological polar surface area (TPSA) is 98.2 Å². The lowest BCUT2D eigenvalue weighted by molar-refractivity contribution is 0.237. The molecule has 1 heterocycles. The average molecular weight is 309 g/mol. The molecular formula is C14H19N3O3S. The van der Waals surface area contributed by atoms with Crippen molar-refractivity contribution in [3.8, 4) is 0 Å². The molecule has 0 radical (unpaired) electrons. The zero-order chi connectivity index (χ0) is 15.5. The third kappa shape index (κ3) is 3.43. The Bertz CT molecular complexity index is 693. The summed E-state index contributed by atoms with van der Waals surface area (Å²) >= 11 is 0. The fourth-order valence-corrected chi connectivity index (χ4v) is 3.71. The van der Waals surface area contributed by atoms with Gasteiger partial charge in [0.05, 0.1) is 23.3 Å². The molecule has 1 aromatic heterocycles. The molecule has 2 aromatic rings. The van der Waals surface area contributed by atoms with Gasteiger partial charge in [0, 0.05) is 24.5 Å². The molecule has 1 aromatic carbocycles. The van der Waals surface area contributed by atoms with E-state index in [2.05, 4.69) is 4.98 Å². The fraction of sp³-hybridized carbons (Fsp3) is 0.357. The van der Waals surface area contributed by atoms with Crippen molar-refractivity contribution < 1.29 is 13.5 Å². The van der Waals surface area contributed by atoms with Crippen LogP contribution in [0, 0.1) is 0 Å². The van der Waals surface area contributed by atoms with Gasteiger partial charge in [-0.15, -0.1) is 0 Å². The van der Waals surface area contributed by atoms with Gasteiger partial charge in [-0.25, -0.2) is 13.4 Å². The first-order valence-electron chi connectivity index (χ1n) is 6.68. The lowest BCUT2D eigenvalue weighted by Crippen LogP contribution is -2.24. The van der Waals surface area contributed by atoms with Gasteiger partial charge >= 0.3 is 0 Å². The third-order valence-electron chi connectivity index (χ3n) is 3.32. The summed E-state index contributed by atoms with van der Waals surface area (Å²) in [6.07, 6.45) is 3.97. The molecule has 7 heteroatoms. The number of hydrogen-bond acceptors (Lipinski definition) is 5. The van der Waals surface area contributed by atoms with Gasteiger partial charge in [-0.2, -0.15) is 0 Å². The van der Waals surface area contributed by atoms with Gasteiger partial charge in [-0.3, -0.25) is 0 Å². The number of aliphatic hydroxyl groups excluding tert-OH is 1. The second kappa shape index (κ2) is 6.28. The number of aryl methyl sites for hydroxylation is 1. The number of hydrogen-bond donors (Lipinski definition) is 2. The first-order valence-corrected chi connectivity index (χ1v) is 8.34. The van der Waals surface area contributed by atoms with E-state index in [1.54, 1.807) is 29.1 Å². The minimum Gasteiger partial charge on any atom is -0.399 e. The van der Waals surface area contributed by atoms with Crippen molar-refractivity contribution >= 4 is 15.5 Å². The fourth-order valence-electron chi connectivity index (χ4n) is 2.20. The van der Waals surface area contributed by atoms with Crippen LogP contribution in [-0.4, -0.2) is 35.4 Å². The van der Waals surface area contributed by atoms with E-state index in [0.717, 1.165) is 5.82 Å². The molecule has 0 aliphatic heterocycles. The SMILES string of the molecule is CCc1nccn1C(CO)CS(=O)(=O)c1ccc(N)cc1. The molecule has 21 heavy (non-hydrogen) atoms. The quantitative estimate of drug-likeness (QED) is 0.777. The Kier molecular flexibility index (Phi) is 4.64. The van der Waals surface area contributed by atoms with E-state index in [-0.39, 0.29) is 17.3 Å². The normalized spacial score (nSPS) is 13.2. The first kappa shape index (κ1) is 15.5. The first-order chi connectivity index (χ1) is 9.97. The number of nitrogen functional groups attached to an aromatic ring is 1. The van der Waals surface area contributed by atoms with Gasteiger partial charge in [0.2, 0.25) is 0 Å². The predicted molar refractivity (Wildman–Crippen MR) is 80.6 cm³/mol. The number of anilines is 1. The summed E-state index contributed by atoms with van der Waals surface area (Å²) in [5.41, 5.74) is 6.07. The molecule has 0 saturated heterocycles. The van der Waals surface area contributed by atoms with Crippen molar-refractivity contribution in [3.05, 3.63) is 42.5 Å². The van der Waals surface area contributed by atoms with E-state index < -0.39 is 15.9 Å². The van der Waals surface area contributed by atoms with Gasteiger partial charge in [0.1, 0.15) is 5.82 Å². The maximum Gasteiger partial charge on any atom is 0.180 e. The van der Waals surface area contributed by atoms with Crippen molar-refractivity contribution in [2.24, 2.45) is 0 Å². The molecule has 3 N–H and O–H groups in total. The Hall–Kier alpha value is -1.86. The van der Waals surface area contributed by atoms with Crippen LogP contribution in [0.2, 0.25) is 0 Å². The number of nitrogens with two attached hydrogens (primary N) is 1. The van der Waals surface area contributed by atoms with Gasteiger partial charge in [0.15, 0.2) is 9.84 Å². The highest BCUT2D eigenvalue weighted by molar-refractivity contribution is 7.91. The van der Waals surface area contributed by atoms with Crippen molar-refractivity contribution in [2.45, 2.75) is 24.3 Å². The van der Waals surface area contributed by atoms with Crippen LogP contribution in [0.4, 0.5) is 5.69 Å². The van der Waals surface area contributed by atoms with Crippen LogP contribution in [-0.2, 0) is 16.3 Å². The van der Waals surface area contributed by atoms with E-state index >= 15 is 0 Å².